The summed E-state index contributed by atoms with van der Waals surface area (Å²) < 4.78 is 27.8. The van der Waals surface area contributed by atoms with E-state index in [4.69, 9.17) is 28.5 Å². The molecule has 1 aromatic carbocycles. The minimum atomic E-state index is -3.02. The molecule has 1 aromatic rings. The molecule has 74 valence electrons. The van der Waals surface area contributed by atoms with E-state index in [1.54, 1.807) is 6.07 Å². The van der Waals surface area contributed by atoms with E-state index in [0.29, 0.717) is 0 Å². The molecule has 0 saturated heterocycles. The number of halogens is 4. The smallest absolute Gasteiger partial charge is 0.387 e. The van der Waals surface area contributed by atoms with Gasteiger partial charge in [0.1, 0.15) is 17.4 Å². The number of alkyl halides is 2. The second-order valence-electron chi connectivity index (χ2n) is 2.25. The van der Waals surface area contributed by atoms with Gasteiger partial charge in [0, 0.05) is 11.1 Å². The third-order valence-electron chi connectivity index (χ3n) is 1.35. The average Bonchev–Trinajstić information content (AvgIpc) is 2.01. The van der Waals surface area contributed by atoms with Gasteiger partial charge in [-0.1, -0.05) is 23.2 Å². The summed E-state index contributed by atoms with van der Waals surface area (Å²) in [6, 6.07) is 4.03. The van der Waals surface area contributed by atoms with Gasteiger partial charge in [-0.05, 0) is 6.07 Å². The molecular formula is C8H3Cl2F2NO. The van der Waals surface area contributed by atoms with Gasteiger partial charge < -0.3 is 4.74 Å². The Morgan fingerprint density at radius 3 is 2.50 bits per heavy atom. The Labute approximate surface area is 88.6 Å². The summed E-state index contributed by atoms with van der Waals surface area (Å²) in [5.41, 5.74) is -0.156. The maximum Gasteiger partial charge on any atom is 0.387 e. The first-order valence-electron chi connectivity index (χ1n) is 3.38. The molecule has 2 nitrogen and oxygen atoms in total. The van der Waals surface area contributed by atoms with E-state index in [0.717, 1.165) is 6.07 Å². The number of ether oxygens (including phenoxy) is 1. The summed E-state index contributed by atoms with van der Waals surface area (Å²) in [4.78, 5) is 0. The fraction of sp³-hybridized carbons (Fsp3) is 0.125. The predicted molar refractivity (Wildman–Crippen MR) is 47.8 cm³/mol. The molecule has 1 rings (SSSR count). The van der Waals surface area contributed by atoms with Gasteiger partial charge in [0.25, 0.3) is 0 Å². The van der Waals surface area contributed by atoms with Crippen molar-refractivity contribution in [3.8, 4) is 11.8 Å². The minimum Gasteiger partial charge on any atom is -0.433 e. The van der Waals surface area contributed by atoms with Crippen molar-refractivity contribution < 1.29 is 13.5 Å². The van der Waals surface area contributed by atoms with Crippen LogP contribution in [0.25, 0.3) is 0 Å². The number of benzene rings is 1. The summed E-state index contributed by atoms with van der Waals surface area (Å²) in [7, 11) is 0. The fourth-order valence-electron chi connectivity index (χ4n) is 0.847. The summed E-state index contributed by atoms with van der Waals surface area (Å²) in [5.74, 6) is -0.319. The Balaban J connectivity index is 3.20. The van der Waals surface area contributed by atoms with Crippen molar-refractivity contribution in [3.05, 3.63) is 27.7 Å². The number of rotatable bonds is 2. The molecule has 14 heavy (non-hydrogen) atoms. The molecule has 0 amide bonds. The molecule has 0 aliphatic rings. The molecule has 6 heteroatoms. The molecule has 0 heterocycles. The average molecular weight is 238 g/mol. The highest BCUT2D eigenvalue weighted by Crippen LogP contribution is 2.31. The van der Waals surface area contributed by atoms with E-state index in [9.17, 15) is 8.78 Å². The third-order valence-corrected chi connectivity index (χ3v) is 1.86. The zero-order valence-electron chi connectivity index (χ0n) is 6.60. The molecule has 0 aromatic heterocycles. The Kier molecular flexibility index (Phi) is 3.50. The molecule has 0 fully saturated rings. The molecule has 0 N–H and O–H groups in total. The topological polar surface area (TPSA) is 33.0 Å². The van der Waals surface area contributed by atoms with Crippen LogP contribution in [0.5, 0.6) is 5.75 Å². The molecule has 0 saturated carbocycles. The van der Waals surface area contributed by atoms with Gasteiger partial charge in [-0.15, -0.1) is 0 Å². The normalized spacial score (nSPS) is 10.0. The maximum atomic E-state index is 11.9. The largest absolute Gasteiger partial charge is 0.433 e. The van der Waals surface area contributed by atoms with E-state index in [2.05, 4.69) is 4.74 Å². The van der Waals surface area contributed by atoms with Crippen molar-refractivity contribution in [2.75, 3.05) is 0 Å². The second kappa shape index (κ2) is 4.45. The van der Waals surface area contributed by atoms with Crippen molar-refractivity contribution in [3.63, 3.8) is 0 Å². The molecule has 0 unspecified atom stereocenters. The summed E-state index contributed by atoms with van der Waals surface area (Å²) in [6.45, 7) is -3.02. The van der Waals surface area contributed by atoms with Gasteiger partial charge in [-0.3, -0.25) is 0 Å². The highest BCUT2D eigenvalue weighted by atomic mass is 35.5. The zero-order chi connectivity index (χ0) is 10.7. The first-order chi connectivity index (χ1) is 6.54. The molecule has 0 bridgehead atoms. The van der Waals surface area contributed by atoms with Crippen LogP contribution in [0.4, 0.5) is 8.78 Å². The monoisotopic (exact) mass is 237 g/mol. The summed E-state index contributed by atoms with van der Waals surface area (Å²) >= 11 is 11.1. The highest BCUT2D eigenvalue weighted by molar-refractivity contribution is 6.35. The summed E-state index contributed by atoms with van der Waals surface area (Å²) in [5, 5.41) is 8.71. The lowest BCUT2D eigenvalue weighted by atomic mass is 10.2. The van der Waals surface area contributed by atoms with Crippen LogP contribution in [0, 0.1) is 11.3 Å². The zero-order valence-corrected chi connectivity index (χ0v) is 8.11. The van der Waals surface area contributed by atoms with E-state index >= 15 is 0 Å². The van der Waals surface area contributed by atoms with E-state index < -0.39 is 6.61 Å². The number of hydrogen-bond donors (Lipinski definition) is 0. The van der Waals surface area contributed by atoms with Crippen LogP contribution in [0.15, 0.2) is 12.1 Å². The van der Waals surface area contributed by atoms with Crippen LogP contribution in [-0.4, -0.2) is 6.61 Å². The van der Waals surface area contributed by atoms with Crippen molar-refractivity contribution in [2.45, 2.75) is 6.61 Å². The Morgan fingerprint density at radius 2 is 2.00 bits per heavy atom. The standard InChI is InChI=1S/C8H3Cl2F2NO/c9-4-1-6(10)5(3-13)7(2-4)14-8(11)12/h1-2,8H. The molecule has 0 atom stereocenters. The summed E-state index contributed by atoms with van der Waals surface area (Å²) in [6.07, 6.45) is 0. The molecule has 0 aliphatic heterocycles. The number of nitrogens with zero attached hydrogens (tertiary/aromatic N) is 1. The van der Waals surface area contributed by atoms with Crippen molar-refractivity contribution in [2.24, 2.45) is 0 Å². The number of hydrogen-bond acceptors (Lipinski definition) is 2. The highest BCUT2D eigenvalue weighted by Gasteiger charge is 2.13. The maximum absolute atomic E-state index is 11.9. The van der Waals surface area contributed by atoms with Crippen LogP contribution in [0.3, 0.4) is 0 Å². The van der Waals surface area contributed by atoms with Gasteiger partial charge in [-0.25, -0.2) is 0 Å². The second-order valence-corrected chi connectivity index (χ2v) is 3.09. The fourth-order valence-corrected chi connectivity index (χ4v) is 1.36. The molecule has 0 spiro atoms. The van der Waals surface area contributed by atoms with Crippen LogP contribution in [0.2, 0.25) is 10.0 Å². The van der Waals surface area contributed by atoms with Crippen molar-refractivity contribution in [1.82, 2.24) is 0 Å². The quantitative estimate of drug-likeness (QED) is 0.790. The van der Waals surface area contributed by atoms with Crippen LogP contribution in [0.1, 0.15) is 5.56 Å². The predicted octanol–water partition coefficient (Wildman–Crippen LogP) is 3.47. The Hall–Kier alpha value is -1.05. The lowest BCUT2D eigenvalue weighted by Gasteiger charge is -2.07. The van der Waals surface area contributed by atoms with Gasteiger partial charge >= 0.3 is 6.61 Å². The van der Waals surface area contributed by atoms with Gasteiger partial charge in [0.15, 0.2) is 0 Å². The lowest BCUT2D eigenvalue weighted by Crippen LogP contribution is -2.03. The van der Waals surface area contributed by atoms with E-state index in [-0.39, 0.29) is 21.4 Å². The van der Waals surface area contributed by atoms with Crippen LogP contribution < -0.4 is 4.74 Å². The minimum absolute atomic E-state index is 0.0179. The molecular weight excluding hydrogens is 235 g/mol. The van der Waals surface area contributed by atoms with Crippen molar-refractivity contribution in [1.29, 1.82) is 5.26 Å². The van der Waals surface area contributed by atoms with Crippen molar-refractivity contribution >= 4 is 23.2 Å². The molecule has 0 radical (unpaired) electrons. The van der Waals surface area contributed by atoms with Crippen LogP contribution in [-0.2, 0) is 0 Å². The van der Waals surface area contributed by atoms with Gasteiger partial charge in [-0.2, -0.15) is 14.0 Å². The third kappa shape index (κ3) is 2.47. The van der Waals surface area contributed by atoms with E-state index in [1.807, 2.05) is 0 Å². The first-order valence-corrected chi connectivity index (χ1v) is 4.14. The SMILES string of the molecule is N#Cc1c(Cl)cc(Cl)cc1OC(F)F. The first kappa shape index (κ1) is 11.0. The Morgan fingerprint density at radius 1 is 1.36 bits per heavy atom. The van der Waals surface area contributed by atoms with E-state index in [1.165, 1.54) is 6.07 Å². The van der Waals surface area contributed by atoms with Gasteiger partial charge in [0.05, 0.1) is 5.02 Å². The lowest BCUT2D eigenvalue weighted by molar-refractivity contribution is -0.0500. The molecule has 0 aliphatic carbocycles. The number of nitriles is 1. The Bertz CT molecular complexity index is 390. The van der Waals surface area contributed by atoms with Crippen LogP contribution >= 0.6 is 23.2 Å². The van der Waals surface area contributed by atoms with Gasteiger partial charge in [0.2, 0.25) is 0 Å².